The molecule has 1 aliphatic rings. The minimum atomic E-state index is -0.0270. The van der Waals surface area contributed by atoms with Crippen molar-refractivity contribution in [3.05, 3.63) is 63.9 Å². The van der Waals surface area contributed by atoms with E-state index < -0.39 is 0 Å². The second kappa shape index (κ2) is 8.85. The summed E-state index contributed by atoms with van der Waals surface area (Å²) in [5.41, 5.74) is 2.10. The van der Waals surface area contributed by atoms with Crippen molar-refractivity contribution in [2.24, 2.45) is 5.92 Å². The number of nitrogens with zero attached hydrogens (tertiary/aromatic N) is 2. The molecule has 0 radical (unpaired) electrons. The van der Waals surface area contributed by atoms with Crippen molar-refractivity contribution in [2.75, 3.05) is 13.1 Å². The third kappa shape index (κ3) is 4.97. The summed E-state index contributed by atoms with van der Waals surface area (Å²) < 4.78 is 0. The van der Waals surface area contributed by atoms with Gasteiger partial charge in [0.05, 0.1) is 21.8 Å². The molecule has 1 aliphatic heterocycles. The highest BCUT2D eigenvalue weighted by Gasteiger charge is 2.29. The average molecular weight is 392 g/mol. The number of nitrogens with one attached hydrogen (secondary N) is 1. The summed E-state index contributed by atoms with van der Waals surface area (Å²) in [7, 11) is 0. The lowest BCUT2D eigenvalue weighted by Crippen LogP contribution is -2.40. The van der Waals surface area contributed by atoms with Crippen LogP contribution in [0.4, 0.5) is 0 Å². The molecule has 2 heterocycles. The first-order valence-electron chi connectivity index (χ1n) is 8.87. The lowest BCUT2D eigenvalue weighted by Gasteiger charge is -2.36. The first-order chi connectivity index (χ1) is 12.5. The zero-order valence-corrected chi connectivity index (χ0v) is 16.3. The first kappa shape index (κ1) is 19.2. The van der Waals surface area contributed by atoms with E-state index in [1.54, 1.807) is 13.1 Å². The third-order valence-electron chi connectivity index (χ3n) is 4.86. The van der Waals surface area contributed by atoms with E-state index in [1.807, 2.05) is 36.4 Å². The quantitative estimate of drug-likeness (QED) is 0.816. The number of halogens is 2. The minimum Gasteiger partial charge on any atom is -0.348 e. The predicted octanol–water partition coefficient (Wildman–Crippen LogP) is 4.48. The number of piperidine rings is 1. The maximum absolute atomic E-state index is 11.7. The topological polar surface area (TPSA) is 45.2 Å². The maximum atomic E-state index is 11.7. The molecule has 0 saturated carbocycles. The van der Waals surface area contributed by atoms with Crippen LogP contribution in [-0.4, -0.2) is 28.9 Å². The Morgan fingerprint density at radius 3 is 2.62 bits per heavy atom. The van der Waals surface area contributed by atoms with Crippen molar-refractivity contribution in [2.45, 2.75) is 32.4 Å². The molecule has 0 spiro atoms. The molecule has 1 saturated heterocycles. The normalized spacial score (nSPS) is 17.0. The number of hydrogen-bond acceptors (Lipinski definition) is 3. The van der Waals surface area contributed by atoms with Gasteiger partial charge in [0.15, 0.2) is 0 Å². The summed E-state index contributed by atoms with van der Waals surface area (Å²) in [5.74, 6) is 0.373. The van der Waals surface area contributed by atoms with Crippen LogP contribution in [0, 0.1) is 5.92 Å². The summed E-state index contributed by atoms with van der Waals surface area (Å²) in [6.45, 7) is 4.38. The summed E-state index contributed by atoms with van der Waals surface area (Å²) in [6.07, 6.45) is 3.81. The second-order valence-electron chi connectivity index (χ2n) is 6.79. The Morgan fingerprint density at radius 1 is 1.23 bits per heavy atom. The zero-order valence-electron chi connectivity index (χ0n) is 14.8. The van der Waals surface area contributed by atoms with Gasteiger partial charge in [-0.25, -0.2) is 0 Å². The largest absolute Gasteiger partial charge is 0.348 e. The van der Waals surface area contributed by atoms with Crippen molar-refractivity contribution in [3.63, 3.8) is 0 Å². The van der Waals surface area contributed by atoms with Gasteiger partial charge in [-0.3, -0.25) is 14.7 Å². The smallest absolute Gasteiger partial charge is 0.217 e. The van der Waals surface area contributed by atoms with E-state index in [-0.39, 0.29) is 11.9 Å². The van der Waals surface area contributed by atoms with E-state index in [0.29, 0.717) is 16.0 Å². The molecular weight excluding hydrogens is 369 g/mol. The fourth-order valence-corrected chi connectivity index (χ4v) is 3.87. The van der Waals surface area contributed by atoms with Crippen LogP contribution in [0.15, 0.2) is 42.6 Å². The van der Waals surface area contributed by atoms with Crippen LogP contribution in [0.5, 0.6) is 0 Å². The Kier molecular flexibility index (Phi) is 6.52. The van der Waals surface area contributed by atoms with Gasteiger partial charge in [0.1, 0.15) is 0 Å². The van der Waals surface area contributed by atoms with Gasteiger partial charge < -0.3 is 5.32 Å². The third-order valence-corrected chi connectivity index (χ3v) is 5.60. The molecule has 138 valence electrons. The molecule has 1 aromatic heterocycles. The van der Waals surface area contributed by atoms with Crippen molar-refractivity contribution in [1.29, 1.82) is 0 Å². The van der Waals surface area contributed by atoms with Crippen LogP contribution >= 0.6 is 23.2 Å². The molecule has 6 heteroatoms. The monoisotopic (exact) mass is 391 g/mol. The highest BCUT2D eigenvalue weighted by Crippen LogP contribution is 2.31. The number of benzene rings is 1. The molecule has 0 bridgehead atoms. The second-order valence-corrected chi connectivity index (χ2v) is 7.61. The van der Waals surface area contributed by atoms with E-state index in [0.717, 1.165) is 38.2 Å². The average Bonchev–Trinajstić information content (AvgIpc) is 2.64. The van der Waals surface area contributed by atoms with Crippen LogP contribution in [0.1, 0.15) is 37.1 Å². The molecule has 2 aromatic rings. The van der Waals surface area contributed by atoms with Gasteiger partial charge in [-0.15, -0.1) is 0 Å². The molecule has 1 amide bonds. The number of likely N-dealkylation sites (tertiary alicyclic amines) is 1. The number of carbonyl (C=O) groups excluding carboxylic acids is 1. The van der Waals surface area contributed by atoms with Crippen molar-refractivity contribution < 1.29 is 4.79 Å². The summed E-state index contributed by atoms with van der Waals surface area (Å²) >= 11 is 12.1. The number of rotatable bonds is 5. The summed E-state index contributed by atoms with van der Waals surface area (Å²) in [5, 5.41) is 4.27. The Labute approximate surface area is 164 Å². The number of hydrogen-bond donors (Lipinski definition) is 1. The van der Waals surface area contributed by atoms with Crippen LogP contribution in [0.3, 0.4) is 0 Å². The number of aromatic nitrogens is 1. The predicted molar refractivity (Wildman–Crippen MR) is 105 cm³/mol. The molecule has 1 fully saturated rings. The lowest BCUT2D eigenvalue weighted by atomic mass is 9.87. The van der Waals surface area contributed by atoms with Gasteiger partial charge in [-0.1, -0.05) is 35.3 Å². The van der Waals surface area contributed by atoms with Crippen LogP contribution in [0.25, 0.3) is 0 Å². The first-order valence-corrected chi connectivity index (χ1v) is 9.63. The number of pyridine rings is 1. The molecule has 1 atom stereocenters. The van der Waals surface area contributed by atoms with Gasteiger partial charge >= 0.3 is 0 Å². The SMILES string of the molecule is CC(=O)NC(c1ccccn1)C1CCN(Cc2ccc(Cl)c(Cl)c2)CC1. The molecular formula is C20H23Cl2N3O. The summed E-state index contributed by atoms with van der Waals surface area (Å²) in [6, 6.07) is 11.6. The van der Waals surface area contributed by atoms with Crippen LogP contribution < -0.4 is 5.32 Å². The fourth-order valence-electron chi connectivity index (χ4n) is 3.55. The molecule has 4 nitrogen and oxygen atoms in total. The molecule has 3 rings (SSSR count). The molecule has 0 aliphatic carbocycles. The summed E-state index contributed by atoms with van der Waals surface area (Å²) in [4.78, 5) is 18.5. The van der Waals surface area contributed by atoms with Gasteiger partial charge in [-0.05, 0) is 61.7 Å². The van der Waals surface area contributed by atoms with Gasteiger partial charge in [0.2, 0.25) is 5.91 Å². The van der Waals surface area contributed by atoms with Crippen molar-refractivity contribution in [1.82, 2.24) is 15.2 Å². The van der Waals surface area contributed by atoms with E-state index in [9.17, 15) is 4.79 Å². The fraction of sp³-hybridized carbons (Fsp3) is 0.400. The number of amides is 1. The Balaban J connectivity index is 1.62. The van der Waals surface area contributed by atoms with E-state index in [2.05, 4.69) is 15.2 Å². The lowest BCUT2D eigenvalue weighted by molar-refractivity contribution is -0.120. The highest BCUT2D eigenvalue weighted by atomic mass is 35.5. The van der Waals surface area contributed by atoms with E-state index >= 15 is 0 Å². The highest BCUT2D eigenvalue weighted by molar-refractivity contribution is 6.42. The van der Waals surface area contributed by atoms with Crippen LogP contribution in [-0.2, 0) is 11.3 Å². The van der Waals surface area contributed by atoms with Gasteiger partial charge in [0.25, 0.3) is 0 Å². The standard InChI is InChI=1S/C20H23Cl2N3O/c1-14(26)24-20(19-4-2-3-9-23-19)16-7-10-25(11-8-16)13-15-5-6-17(21)18(22)12-15/h2-6,9,12,16,20H,7-8,10-11,13H2,1H3,(H,24,26). The molecule has 26 heavy (non-hydrogen) atoms. The maximum Gasteiger partial charge on any atom is 0.217 e. The number of carbonyl (C=O) groups is 1. The minimum absolute atomic E-state index is 0.0149. The Hall–Kier alpha value is -1.62. The molecule has 1 unspecified atom stereocenters. The Morgan fingerprint density at radius 2 is 2.00 bits per heavy atom. The zero-order chi connectivity index (χ0) is 18.5. The Bertz CT molecular complexity index is 746. The van der Waals surface area contributed by atoms with Crippen LogP contribution in [0.2, 0.25) is 10.0 Å². The van der Waals surface area contributed by atoms with Crippen molar-refractivity contribution in [3.8, 4) is 0 Å². The van der Waals surface area contributed by atoms with Gasteiger partial charge in [-0.2, -0.15) is 0 Å². The molecule has 1 aromatic carbocycles. The van der Waals surface area contributed by atoms with E-state index in [4.69, 9.17) is 23.2 Å². The molecule has 1 N–H and O–H groups in total. The van der Waals surface area contributed by atoms with Crippen molar-refractivity contribution >= 4 is 29.1 Å². The van der Waals surface area contributed by atoms with Gasteiger partial charge in [0, 0.05) is 19.7 Å². The van der Waals surface area contributed by atoms with E-state index in [1.165, 1.54) is 5.56 Å².